The molecule has 21 heavy (non-hydrogen) atoms. The molecule has 7 heteroatoms. The number of nitrogens with one attached hydrogen (secondary N) is 2. The zero-order valence-electron chi connectivity index (χ0n) is 12.8. The molecular formula is C14H24N2O5. The quantitative estimate of drug-likeness (QED) is 0.378. The maximum atomic E-state index is 11.2. The number of hydrogen-bond acceptors (Lipinski definition) is 5. The van der Waals surface area contributed by atoms with Crippen molar-refractivity contribution in [3.63, 3.8) is 0 Å². The number of esters is 2. The molecule has 2 amide bonds. The average Bonchev–Trinajstić information content (AvgIpc) is 2.42. The van der Waals surface area contributed by atoms with Crippen LogP contribution in [0.2, 0.25) is 0 Å². The predicted octanol–water partition coefficient (Wildman–Crippen LogP) is 1.14. The van der Waals surface area contributed by atoms with Gasteiger partial charge in [-0.1, -0.05) is 0 Å². The Morgan fingerprint density at radius 2 is 1.71 bits per heavy atom. The van der Waals surface area contributed by atoms with Crippen molar-refractivity contribution < 1.29 is 23.9 Å². The number of urea groups is 1. The van der Waals surface area contributed by atoms with E-state index in [2.05, 4.69) is 15.4 Å². The number of ether oxygens (including phenoxy) is 2. The topological polar surface area (TPSA) is 93.7 Å². The van der Waals surface area contributed by atoms with Crippen molar-refractivity contribution in [3.05, 3.63) is 12.2 Å². The first-order valence-corrected chi connectivity index (χ1v) is 6.93. The summed E-state index contributed by atoms with van der Waals surface area (Å²) < 4.78 is 9.22. The van der Waals surface area contributed by atoms with E-state index in [0.717, 1.165) is 25.0 Å². The Hall–Kier alpha value is -2.05. The SMILES string of the molecule is COC(=O)/C=C/C(=O)OCCCCCNC(=O)NC(C)C. The van der Waals surface area contributed by atoms with Gasteiger partial charge in [0.2, 0.25) is 0 Å². The summed E-state index contributed by atoms with van der Waals surface area (Å²) >= 11 is 0. The molecule has 0 bridgehead atoms. The highest BCUT2D eigenvalue weighted by Gasteiger charge is 2.01. The number of rotatable bonds is 9. The van der Waals surface area contributed by atoms with Crippen LogP contribution in [0.25, 0.3) is 0 Å². The molecule has 7 nitrogen and oxygen atoms in total. The summed E-state index contributed by atoms with van der Waals surface area (Å²) in [5, 5.41) is 5.46. The Balaban J connectivity index is 3.48. The third kappa shape index (κ3) is 12.7. The summed E-state index contributed by atoms with van der Waals surface area (Å²) in [5.74, 6) is -1.17. The minimum atomic E-state index is -0.599. The molecule has 0 aliphatic carbocycles. The van der Waals surface area contributed by atoms with E-state index < -0.39 is 11.9 Å². The first-order valence-electron chi connectivity index (χ1n) is 6.93. The summed E-state index contributed by atoms with van der Waals surface area (Å²) in [7, 11) is 1.23. The van der Waals surface area contributed by atoms with Crippen molar-refractivity contribution in [1.29, 1.82) is 0 Å². The van der Waals surface area contributed by atoms with Crippen molar-refractivity contribution in [2.24, 2.45) is 0 Å². The van der Waals surface area contributed by atoms with Crippen LogP contribution in [0.5, 0.6) is 0 Å². The maximum absolute atomic E-state index is 11.2. The van der Waals surface area contributed by atoms with Crippen LogP contribution < -0.4 is 10.6 Å². The number of hydrogen-bond donors (Lipinski definition) is 2. The number of amides is 2. The molecule has 0 heterocycles. The number of carbonyl (C=O) groups excluding carboxylic acids is 3. The van der Waals surface area contributed by atoms with Crippen molar-refractivity contribution in [3.8, 4) is 0 Å². The molecule has 0 aromatic rings. The lowest BCUT2D eigenvalue weighted by atomic mass is 10.2. The van der Waals surface area contributed by atoms with Gasteiger partial charge in [-0.25, -0.2) is 14.4 Å². The Morgan fingerprint density at radius 1 is 1.05 bits per heavy atom. The fraction of sp³-hybridized carbons (Fsp3) is 0.643. The molecule has 0 atom stereocenters. The highest BCUT2D eigenvalue weighted by atomic mass is 16.5. The van der Waals surface area contributed by atoms with Gasteiger partial charge in [-0.05, 0) is 33.1 Å². The van der Waals surface area contributed by atoms with Gasteiger partial charge in [0.15, 0.2) is 0 Å². The Bertz CT molecular complexity index is 366. The molecule has 0 aliphatic heterocycles. The molecule has 0 aromatic carbocycles. The number of methoxy groups -OCH3 is 1. The van der Waals surface area contributed by atoms with Gasteiger partial charge in [0.05, 0.1) is 13.7 Å². The smallest absolute Gasteiger partial charge is 0.331 e. The van der Waals surface area contributed by atoms with Crippen LogP contribution in [-0.2, 0) is 19.1 Å². The van der Waals surface area contributed by atoms with Crippen LogP contribution in [0.3, 0.4) is 0 Å². The lowest BCUT2D eigenvalue weighted by molar-refractivity contribution is -0.139. The standard InChI is InChI=1S/C14H24N2O5/c1-11(2)16-14(19)15-9-5-4-6-10-21-13(18)8-7-12(17)20-3/h7-8,11H,4-6,9-10H2,1-3H3,(H2,15,16,19)/b8-7+. The van der Waals surface area contributed by atoms with Gasteiger partial charge in [-0.2, -0.15) is 0 Å². The van der Waals surface area contributed by atoms with Crippen molar-refractivity contribution in [2.45, 2.75) is 39.2 Å². The summed E-state index contributed by atoms with van der Waals surface area (Å²) in [6.45, 7) is 4.64. The number of carbonyl (C=O) groups is 3. The van der Waals surface area contributed by atoms with E-state index in [0.29, 0.717) is 13.0 Å². The first-order chi connectivity index (χ1) is 9.95. The monoisotopic (exact) mass is 300 g/mol. The summed E-state index contributed by atoms with van der Waals surface area (Å²) in [5.41, 5.74) is 0. The van der Waals surface area contributed by atoms with Crippen LogP contribution in [0, 0.1) is 0 Å². The molecule has 0 saturated carbocycles. The van der Waals surface area contributed by atoms with Crippen LogP contribution in [0.15, 0.2) is 12.2 Å². The van der Waals surface area contributed by atoms with Crippen molar-refractivity contribution >= 4 is 18.0 Å². The van der Waals surface area contributed by atoms with Gasteiger partial charge >= 0.3 is 18.0 Å². The summed E-state index contributed by atoms with van der Waals surface area (Å²) in [6.07, 6.45) is 4.38. The van der Waals surface area contributed by atoms with Crippen molar-refractivity contribution in [1.82, 2.24) is 10.6 Å². The second-order valence-corrected chi connectivity index (χ2v) is 4.64. The number of unbranched alkanes of at least 4 members (excludes halogenated alkanes) is 2. The van der Waals surface area contributed by atoms with Gasteiger partial charge in [0.1, 0.15) is 0 Å². The second-order valence-electron chi connectivity index (χ2n) is 4.64. The predicted molar refractivity (Wildman–Crippen MR) is 77.6 cm³/mol. The molecule has 0 aromatic heterocycles. The van der Waals surface area contributed by atoms with E-state index in [9.17, 15) is 14.4 Å². The minimum absolute atomic E-state index is 0.113. The molecular weight excluding hydrogens is 276 g/mol. The van der Waals surface area contributed by atoms with Crippen molar-refractivity contribution in [2.75, 3.05) is 20.3 Å². The normalized spacial score (nSPS) is 10.5. The third-order valence-electron chi connectivity index (χ3n) is 2.33. The van der Waals surface area contributed by atoms with Gasteiger partial charge in [0, 0.05) is 24.7 Å². The summed E-state index contributed by atoms with van der Waals surface area (Å²) in [6, 6.07) is -0.0631. The molecule has 2 N–H and O–H groups in total. The Labute approximate surface area is 125 Å². The van der Waals surface area contributed by atoms with Crippen LogP contribution in [0.1, 0.15) is 33.1 Å². The minimum Gasteiger partial charge on any atom is -0.466 e. The van der Waals surface area contributed by atoms with Crippen LogP contribution in [-0.4, -0.2) is 44.3 Å². The van der Waals surface area contributed by atoms with E-state index >= 15 is 0 Å². The van der Waals surface area contributed by atoms with Gasteiger partial charge in [0.25, 0.3) is 0 Å². The molecule has 0 spiro atoms. The van der Waals surface area contributed by atoms with E-state index in [-0.39, 0.29) is 18.7 Å². The van der Waals surface area contributed by atoms with E-state index in [1.54, 1.807) is 0 Å². The van der Waals surface area contributed by atoms with Crippen LogP contribution >= 0.6 is 0 Å². The lowest BCUT2D eigenvalue weighted by Gasteiger charge is -2.09. The van der Waals surface area contributed by atoms with Gasteiger partial charge < -0.3 is 20.1 Å². The lowest BCUT2D eigenvalue weighted by Crippen LogP contribution is -2.39. The zero-order chi connectivity index (χ0) is 16.1. The molecule has 0 saturated heterocycles. The molecule has 0 fully saturated rings. The van der Waals surface area contributed by atoms with E-state index in [4.69, 9.17) is 4.74 Å². The largest absolute Gasteiger partial charge is 0.466 e. The third-order valence-corrected chi connectivity index (χ3v) is 2.33. The highest BCUT2D eigenvalue weighted by Crippen LogP contribution is 1.96. The Kier molecular flexibility index (Phi) is 10.6. The molecule has 0 unspecified atom stereocenters. The average molecular weight is 300 g/mol. The maximum Gasteiger partial charge on any atom is 0.331 e. The zero-order valence-corrected chi connectivity index (χ0v) is 12.8. The molecule has 0 radical (unpaired) electrons. The van der Waals surface area contributed by atoms with E-state index in [1.807, 2.05) is 13.8 Å². The van der Waals surface area contributed by atoms with Gasteiger partial charge in [-0.15, -0.1) is 0 Å². The first kappa shape index (κ1) is 18.9. The summed E-state index contributed by atoms with van der Waals surface area (Å²) in [4.78, 5) is 33.1. The fourth-order valence-electron chi connectivity index (χ4n) is 1.34. The van der Waals surface area contributed by atoms with E-state index in [1.165, 1.54) is 7.11 Å². The van der Waals surface area contributed by atoms with Crippen LogP contribution in [0.4, 0.5) is 4.79 Å². The Morgan fingerprint density at radius 3 is 2.33 bits per heavy atom. The fourth-order valence-corrected chi connectivity index (χ4v) is 1.34. The van der Waals surface area contributed by atoms with Gasteiger partial charge in [-0.3, -0.25) is 0 Å². The molecule has 120 valence electrons. The molecule has 0 aliphatic rings. The highest BCUT2D eigenvalue weighted by molar-refractivity contribution is 5.91. The molecule has 0 rings (SSSR count). The second kappa shape index (κ2) is 11.7.